The normalized spacial score (nSPS) is 11.0. The standard InChI is InChI=1S/C23H24N4O3/c1-15-13-19(23-24-17(3)29-26-23)14-16(2)21(15)28-12-8-7-11-20-25-22(27-30-20)18-9-5-4-6-10-18/h4-6,9-10,13-14H,7-8,11-12H2,1-3H3. The summed E-state index contributed by atoms with van der Waals surface area (Å²) in [7, 11) is 0. The maximum Gasteiger partial charge on any atom is 0.226 e. The monoisotopic (exact) mass is 404 g/mol. The Labute approximate surface area is 175 Å². The Morgan fingerprint density at radius 2 is 1.50 bits per heavy atom. The molecule has 30 heavy (non-hydrogen) atoms. The van der Waals surface area contributed by atoms with Gasteiger partial charge >= 0.3 is 0 Å². The lowest BCUT2D eigenvalue weighted by Crippen LogP contribution is -2.02. The molecule has 7 heteroatoms. The van der Waals surface area contributed by atoms with Gasteiger partial charge in [-0.15, -0.1) is 0 Å². The molecule has 0 aliphatic rings. The van der Waals surface area contributed by atoms with Crippen LogP contribution in [0.25, 0.3) is 22.8 Å². The number of nitrogens with zero attached hydrogens (tertiary/aromatic N) is 4. The molecule has 0 amide bonds. The van der Waals surface area contributed by atoms with Crippen molar-refractivity contribution in [2.45, 2.75) is 40.0 Å². The van der Waals surface area contributed by atoms with Crippen molar-refractivity contribution < 1.29 is 13.8 Å². The summed E-state index contributed by atoms with van der Waals surface area (Å²) in [5.74, 6) is 3.34. The van der Waals surface area contributed by atoms with E-state index in [4.69, 9.17) is 13.8 Å². The topological polar surface area (TPSA) is 87.1 Å². The molecule has 2 heterocycles. The Hall–Kier alpha value is -3.48. The molecule has 0 aliphatic carbocycles. The molecule has 0 N–H and O–H groups in total. The zero-order chi connectivity index (χ0) is 20.9. The van der Waals surface area contributed by atoms with Gasteiger partial charge < -0.3 is 13.8 Å². The molecule has 0 aliphatic heterocycles. The number of benzene rings is 2. The van der Waals surface area contributed by atoms with Crippen molar-refractivity contribution in [3.63, 3.8) is 0 Å². The first kappa shape index (κ1) is 19.8. The van der Waals surface area contributed by atoms with Gasteiger partial charge in [0, 0.05) is 24.5 Å². The molecule has 2 aromatic carbocycles. The second-order valence-corrected chi connectivity index (χ2v) is 7.26. The van der Waals surface area contributed by atoms with Gasteiger partial charge in [-0.2, -0.15) is 9.97 Å². The molecule has 4 aromatic rings. The summed E-state index contributed by atoms with van der Waals surface area (Å²) in [6.07, 6.45) is 2.54. The van der Waals surface area contributed by atoms with E-state index in [1.165, 1.54) is 0 Å². The molecule has 0 bridgehead atoms. The zero-order valence-corrected chi connectivity index (χ0v) is 17.4. The molecule has 7 nitrogen and oxygen atoms in total. The second-order valence-electron chi connectivity index (χ2n) is 7.26. The summed E-state index contributed by atoms with van der Waals surface area (Å²) in [5, 5.41) is 8.04. The van der Waals surface area contributed by atoms with Crippen LogP contribution in [0.5, 0.6) is 5.75 Å². The highest BCUT2D eigenvalue weighted by Crippen LogP contribution is 2.29. The minimum absolute atomic E-state index is 0.553. The molecule has 0 fully saturated rings. The van der Waals surface area contributed by atoms with Gasteiger partial charge in [-0.25, -0.2) is 0 Å². The van der Waals surface area contributed by atoms with Crippen molar-refractivity contribution in [3.05, 3.63) is 65.4 Å². The average molecular weight is 404 g/mol. The summed E-state index contributed by atoms with van der Waals surface area (Å²) >= 11 is 0. The average Bonchev–Trinajstić information content (AvgIpc) is 3.39. The summed E-state index contributed by atoms with van der Waals surface area (Å²) in [5.41, 5.74) is 4.00. The number of unbranched alkanes of at least 4 members (excludes halogenated alkanes) is 1. The molecule has 154 valence electrons. The van der Waals surface area contributed by atoms with Crippen LogP contribution in [0.4, 0.5) is 0 Å². The number of hydrogen-bond donors (Lipinski definition) is 0. The van der Waals surface area contributed by atoms with Crippen LogP contribution in [0, 0.1) is 20.8 Å². The first-order valence-electron chi connectivity index (χ1n) is 10.0. The van der Waals surface area contributed by atoms with Gasteiger partial charge in [-0.3, -0.25) is 0 Å². The molecular weight excluding hydrogens is 380 g/mol. The van der Waals surface area contributed by atoms with Gasteiger partial charge in [-0.05, 0) is 49.9 Å². The molecule has 0 spiro atoms. The number of ether oxygens (including phenoxy) is 1. The fourth-order valence-electron chi connectivity index (χ4n) is 3.34. The van der Waals surface area contributed by atoms with Crippen LogP contribution in [0.2, 0.25) is 0 Å². The number of hydrogen-bond acceptors (Lipinski definition) is 7. The largest absolute Gasteiger partial charge is 0.493 e. The number of aryl methyl sites for hydroxylation is 4. The molecule has 2 aromatic heterocycles. The van der Waals surface area contributed by atoms with Crippen molar-refractivity contribution in [2.24, 2.45) is 0 Å². The molecule has 0 radical (unpaired) electrons. The first-order chi connectivity index (χ1) is 14.6. The summed E-state index contributed by atoms with van der Waals surface area (Å²) in [4.78, 5) is 8.76. The minimum atomic E-state index is 0.553. The van der Waals surface area contributed by atoms with E-state index in [0.29, 0.717) is 30.0 Å². The van der Waals surface area contributed by atoms with Crippen LogP contribution in [0.1, 0.15) is 35.7 Å². The molecule has 0 unspecified atom stereocenters. The highest BCUT2D eigenvalue weighted by Gasteiger charge is 2.12. The van der Waals surface area contributed by atoms with Crippen LogP contribution in [-0.2, 0) is 6.42 Å². The van der Waals surface area contributed by atoms with E-state index >= 15 is 0 Å². The predicted molar refractivity (Wildman–Crippen MR) is 112 cm³/mol. The number of rotatable bonds is 8. The summed E-state index contributed by atoms with van der Waals surface area (Å²) in [6.45, 7) is 6.47. The predicted octanol–water partition coefficient (Wildman–Crippen LogP) is 5.11. The Morgan fingerprint density at radius 1 is 0.800 bits per heavy atom. The number of aromatic nitrogens is 4. The SMILES string of the molecule is Cc1nc(-c2cc(C)c(OCCCCc3nc(-c4ccccc4)no3)c(C)c2)no1. The van der Waals surface area contributed by atoms with Crippen LogP contribution >= 0.6 is 0 Å². The molecule has 0 atom stereocenters. The van der Waals surface area contributed by atoms with Crippen molar-refractivity contribution in [3.8, 4) is 28.5 Å². The smallest absolute Gasteiger partial charge is 0.226 e. The van der Waals surface area contributed by atoms with Gasteiger partial charge in [0.25, 0.3) is 0 Å². The third kappa shape index (κ3) is 4.56. The zero-order valence-electron chi connectivity index (χ0n) is 17.4. The van der Waals surface area contributed by atoms with E-state index in [1.54, 1.807) is 6.92 Å². The quantitative estimate of drug-likeness (QED) is 0.377. The fourth-order valence-corrected chi connectivity index (χ4v) is 3.34. The molecular formula is C23H24N4O3. The van der Waals surface area contributed by atoms with Crippen LogP contribution < -0.4 is 4.74 Å². The van der Waals surface area contributed by atoms with Crippen molar-refractivity contribution in [2.75, 3.05) is 6.61 Å². The maximum absolute atomic E-state index is 6.05. The lowest BCUT2D eigenvalue weighted by atomic mass is 10.1. The van der Waals surface area contributed by atoms with Gasteiger partial charge in [-0.1, -0.05) is 40.6 Å². The Balaban J connectivity index is 1.28. The van der Waals surface area contributed by atoms with E-state index in [2.05, 4.69) is 20.3 Å². The van der Waals surface area contributed by atoms with E-state index in [-0.39, 0.29) is 0 Å². The van der Waals surface area contributed by atoms with Crippen molar-refractivity contribution in [1.82, 2.24) is 20.3 Å². The van der Waals surface area contributed by atoms with Crippen molar-refractivity contribution in [1.29, 1.82) is 0 Å². The molecule has 4 rings (SSSR count). The Bertz CT molecular complexity index is 1100. The Kier molecular flexibility index (Phi) is 5.88. The van der Waals surface area contributed by atoms with Crippen LogP contribution in [0.15, 0.2) is 51.5 Å². The van der Waals surface area contributed by atoms with Crippen LogP contribution in [0.3, 0.4) is 0 Å². The fraction of sp³-hybridized carbons (Fsp3) is 0.304. The maximum atomic E-state index is 6.05. The lowest BCUT2D eigenvalue weighted by molar-refractivity contribution is 0.298. The highest BCUT2D eigenvalue weighted by atomic mass is 16.5. The third-order valence-corrected chi connectivity index (χ3v) is 4.78. The van der Waals surface area contributed by atoms with Crippen LogP contribution in [-0.4, -0.2) is 26.9 Å². The third-order valence-electron chi connectivity index (χ3n) is 4.78. The Morgan fingerprint density at radius 3 is 2.20 bits per heavy atom. The van der Waals surface area contributed by atoms with E-state index in [1.807, 2.05) is 56.3 Å². The summed E-state index contributed by atoms with van der Waals surface area (Å²) in [6, 6.07) is 13.9. The van der Waals surface area contributed by atoms with Gasteiger partial charge in [0.15, 0.2) is 0 Å². The van der Waals surface area contributed by atoms with E-state index in [0.717, 1.165) is 47.3 Å². The van der Waals surface area contributed by atoms with E-state index in [9.17, 15) is 0 Å². The lowest BCUT2D eigenvalue weighted by Gasteiger charge is -2.13. The highest BCUT2D eigenvalue weighted by molar-refractivity contribution is 5.61. The summed E-state index contributed by atoms with van der Waals surface area (Å²) < 4.78 is 16.5. The van der Waals surface area contributed by atoms with Crippen molar-refractivity contribution >= 4 is 0 Å². The minimum Gasteiger partial charge on any atom is -0.493 e. The van der Waals surface area contributed by atoms with Gasteiger partial charge in [0.2, 0.25) is 23.4 Å². The molecule has 0 saturated carbocycles. The van der Waals surface area contributed by atoms with Gasteiger partial charge in [0.05, 0.1) is 6.61 Å². The molecule has 0 saturated heterocycles. The second kappa shape index (κ2) is 8.90. The van der Waals surface area contributed by atoms with Gasteiger partial charge in [0.1, 0.15) is 5.75 Å². The first-order valence-corrected chi connectivity index (χ1v) is 10.0. The van der Waals surface area contributed by atoms with E-state index < -0.39 is 0 Å².